The van der Waals surface area contributed by atoms with Crippen molar-refractivity contribution in [3.05, 3.63) is 29.8 Å². The lowest BCUT2D eigenvalue weighted by Gasteiger charge is -2.45. The van der Waals surface area contributed by atoms with E-state index in [1.807, 2.05) is 19.1 Å². The predicted molar refractivity (Wildman–Crippen MR) is 59.1 cm³/mol. The molecular formula is C12H17NO2. The Balaban J connectivity index is 2.27. The van der Waals surface area contributed by atoms with Crippen LogP contribution >= 0.6 is 0 Å². The molecule has 1 atom stereocenters. The van der Waals surface area contributed by atoms with Crippen LogP contribution in [0.5, 0.6) is 5.75 Å². The molecule has 0 amide bonds. The minimum atomic E-state index is 0.00622. The van der Waals surface area contributed by atoms with Crippen molar-refractivity contribution in [2.75, 3.05) is 20.3 Å². The zero-order valence-corrected chi connectivity index (χ0v) is 9.19. The van der Waals surface area contributed by atoms with E-state index in [1.165, 1.54) is 5.56 Å². The first kappa shape index (κ1) is 10.5. The fourth-order valence-corrected chi connectivity index (χ4v) is 1.94. The first-order valence-electron chi connectivity index (χ1n) is 5.17. The highest BCUT2D eigenvalue weighted by Gasteiger charge is 2.43. The number of benzene rings is 1. The summed E-state index contributed by atoms with van der Waals surface area (Å²) in [7, 11) is 1.67. The van der Waals surface area contributed by atoms with Crippen LogP contribution in [0.15, 0.2) is 24.3 Å². The van der Waals surface area contributed by atoms with Gasteiger partial charge in [0.05, 0.1) is 25.7 Å². The fraction of sp³-hybridized carbons (Fsp3) is 0.500. The SMILES string of the molecule is COc1ccc(C2(C(C)N)COC2)cc1. The van der Waals surface area contributed by atoms with E-state index in [0.29, 0.717) is 0 Å². The lowest BCUT2D eigenvalue weighted by Crippen LogP contribution is -2.57. The first-order valence-corrected chi connectivity index (χ1v) is 5.17. The third kappa shape index (κ3) is 1.62. The highest BCUT2D eigenvalue weighted by Crippen LogP contribution is 2.35. The van der Waals surface area contributed by atoms with Crippen molar-refractivity contribution in [2.24, 2.45) is 5.73 Å². The second kappa shape index (κ2) is 3.83. The van der Waals surface area contributed by atoms with Gasteiger partial charge in [0.1, 0.15) is 5.75 Å². The third-order valence-corrected chi connectivity index (χ3v) is 3.26. The van der Waals surface area contributed by atoms with Crippen molar-refractivity contribution < 1.29 is 9.47 Å². The van der Waals surface area contributed by atoms with E-state index in [1.54, 1.807) is 7.11 Å². The monoisotopic (exact) mass is 207 g/mol. The van der Waals surface area contributed by atoms with E-state index in [0.717, 1.165) is 19.0 Å². The van der Waals surface area contributed by atoms with E-state index in [4.69, 9.17) is 15.2 Å². The van der Waals surface area contributed by atoms with Crippen LogP contribution in [0.3, 0.4) is 0 Å². The van der Waals surface area contributed by atoms with Crippen LogP contribution in [-0.4, -0.2) is 26.4 Å². The molecular weight excluding hydrogens is 190 g/mol. The summed E-state index contributed by atoms with van der Waals surface area (Å²) in [5, 5.41) is 0. The molecule has 1 fully saturated rings. The van der Waals surface area contributed by atoms with Crippen molar-refractivity contribution in [1.29, 1.82) is 0 Å². The summed E-state index contributed by atoms with van der Waals surface area (Å²) in [5.41, 5.74) is 7.27. The quantitative estimate of drug-likeness (QED) is 0.812. The standard InChI is InChI=1S/C12H17NO2/c1-9(13)12(7-15-8-12)10-3-5-11(14-2)6-4-10/h3-6,9H,7-8,13H2,1-2H3. The van der Waals surface area contributed by atoms with Gasteiger partial charge in [0.2, 0.25) is 0 Å². The third-order valence-electron chi connectivity index (χ3n) is 3.26. The van der Waals surface area contributed by atoms with Crippen molar-refractivity contribution in [3.63, 3.8) is 0 Å². The molecule has 0 aliphatic carbocycles. The number of methoxy groups -OCH3 is 1. The van der Waals surface area contributed by atoms with Crippen LogP contribution in [0, 0.1) is 0 Å². The second-order valence-corrected chi connectivity index (χ2v) is 4.17. The molecule has 3 heteroatoms. The van der Waals surface area contributed by atoms with E-state index in [9.17, 15) is 0 Å². The summed E-state index contributed by atoms with van der Waals surface area (Å²) >= 11 is 0. The van der Waals surface area contributed by atoms with Gasteiger partial charge in [-0.2, -0.15) is 0 Å². The van der Waals surface area contributed by atoms with Gasteiger partial charge in [-0.3, -0.25) is 0 Å². The molecule has 2 rings (SSSR count). The van der Waals surface area contributed by atoms with Crippen LogP contribution in [0.1, 0.15) is 12.5 Å². The number of hydrogen-bond donors (Lipinski definition) is 1. The molecule has 1 aliphatic heterocycles. The van der Waals surface area contributed by atoms with Crippen LogP contribution in [0.4, 0.5) is 0 Å². The Morgan fingerprint density at radius 1 is 1.33 bits per heavy atom. The lowest BCUT2D eigenvalue weighted by molar-refractivity contribution is -0.0701. The normalized spacial score (nSPS) is 20.5. The zero-order valence-electron chi connectivity index (χ0n) is 9.19. The van der Waals surface area contributed by atoms with Gasteiger partial charge in [-0.25, -0.2) is 0 Å². The van der Waals surface area contributed by atoms with Gasteiger partial charge in [0.25, 0.3) is 0 Å². The summed E-state index contributed by atoms with van der Waals surface area (Å²) in [5.74, 6) is 0.874. The van der Waals surface area contributed by atoms with Gasteiger partial charge in [-0.15, -0.1) is 0 Å². The molecule has 1 saturated heterocycles. The molecule has 0 bridgehead atoms. The molecule has 0 spiro atoms. The Morgan fingerprint density at radius 2 is 1.93 bits per heavy atom. The highest BCUT2D eigenvalue weighted by atomic mass is 16.5. The minimum Gasteiger partial charge on any atom is -0.497 e. The summed E-state index contributed by atoms with van der Waals surface area (Å²) in [6.45, 7) is 3.47. The highest BCUT2D eigenvalue weighted by molar-refractivity contribution is 5.35. The van der Waals surface area contributed by atoms with Crippen LogP contribution in [0.25, 0.3) is 0 Å². The second-order valence-electron chi connectivity index (χ2n) is 4.17. The van der Waals surface area contributed by atoms with Crippen LogP contribution in [0.2, 0.25) is 0 Å². The van der Waals surface area contributed by atoms with Crippen molar-refractivity contribution in [2.45, 2.75) is 18.4 Å². The molecule has 0 saturated carbocycles. The van der Waals surface area contributed by atoms with Crippen LogP contribution < -0.4 is 10.5 Å². The molecule has 0 radical (unpaired) electrons. The van der Waals surface area contributed by atoms with E-state index in [-0.39, 0.29) is 11.5 Å². The molecule has 3 nitrogen and oxygen atoms in total. The molecule has 0 aromatic heterocycles. The smallest absolute Gasteiger partial charge is 0.118 e. The fourth-order valence-electron chi connectivity index (χ4n) is 1.94. The topological polar surface area (TPSA) is 44.5 Å². The van der Waals surface area contributed by atoms with E-state index in [2.05, 4.69) is 12.1 Å². The Hall–Kier alpha value is -1.06. The van der Waals surface area contributed by atoms with Gasteiger partial charge < -0.3 is 15.2 Å². The molecule has 2 N–H and O–H groups in total. The molecule has 82 valence electrons. The summed E-state index contributed by atoms with van der Waals surface area (Å²) in [6.07, 6.45) is 0. The lowest BCUT2D eigenvalue weighted by atomic mass is 9.73. The molecule has 1 unspecified atom stereocenters. The van der Waals surface area contributed by atoms with Crippen LogP contribution in [-0.2, 0) is 10.2 Å². The number of hydrogen-bond acceptors (Lipinski definition) is 3. The molecule has 1 heterocycles. The first-order chi connectivity index (χ1) is 7.19. The maximum Gasteiger partial charge on any atom is 0.118 e. The van der Waals surface area contributed by atoms with Crippen molar-refractivity contribution in [1.82, 2.24) is 0 Å². The maximum atomic E-state index is 6.02. The Labute approximate surface area is 90.2 Å². The predicted octanol–water partition coefficient (Wildman–Crippen LogP) is 1.31. The number of rotatable bonds is 3. The van der Waals surface area contributed by atoms with E-state index < -0.39 is 0 Å². The van der Waals surface area contributed by atoms with Crippen molar-refractivity contribution in [3.8, 4) is 5.75 Å². The Morgan fingerprint density at radius 3 is 2.27 bits per heavy atom. The molecule has 1 aromatic carbocycles. The molecule has 1 aliphatic rings. The molecule has 1 aromatic rings. The number of nitrogens with two attached hydrogens (primary N) is 1. The summed E-state index contributed by atoms with van der Waals surface area (Å²) < 4.78 is 10.4. The van der Waals surface area contributed by atoms with Gasteiger partial charge in [-0.1, -0.05) is 12.1 Å². The van der Waals surface area contributed by atoms with Gasteiger partial charge in [0.15, 0.2) is 0 Å². The van der Waals surface area contributed by atoms with Gasteiger partial charge in [-0.05, 0) is 24.6 Å². The molecule has 15 heavy (non-hydrogen) atoms. The van der Waals surface area contributed by atoms with Gasteiger partial charge >= 0.3 is 0 Å². The average Bonchev–Trinajstić information content (AvgIpc) is 2.16. The summed E-state index contributed by atoms with van der Waals surface area (Å²) in [4.78, 5) is 0. The Kier molecular flexibility index (Phi) is 2.67. The van der Waals surface area contributed by atoms with E-state index >= 15 is 0 Å². The maximum absolute atomic E-state index is 6.02. The largest absolute Gasteiger partial charge is 0.497 e. The van der Waals surface area contributed by atoms with Gasteiger partial charge in [0, 0.05) is 6.04 Å². The average molecular weight is 207 g/mol. The summed E-state index contributed by atoms with van der Waals surface area (Å²) in [6, 6.07) is 8.20. The minimum absolute atomic E-state index is 0.00622. The van der Waals surface area contributed by atoms with Crippen molar-refractivity contribution >= 4 is 0 Å². The number of ether oxygens (including phenoxy) is 2. The Bertz CT molecular complexity index is 328. The zero-order chi connectivity index (χ0) is 10.9.